The normalized spacial score (nSPS) is 11.9. The Morgan fingerprint density at radius 3 is 2.88 bits per heavy atom. The molecule has 1 unspecified atom stereocenters. The Hall–Kier alpha value is -1.13. The molecule has 0 radical (unpaired) electrons. The van der Waals surface area contributed by atoms with Gasteiger partial charge < -0.3 is 11.1 Å². The maximum atomic E-state index is 11.6. The molecule has 1 atom stereocenters. The summed E-state index contributed by atoms with van der Waals surface area (Å²) in [6, 6.07) is 7.24. The van der Waals surface area contributed by atoms with Crippen LogP contribution in [0.15, 0.2) is 24.3 Å². The molecule has 0 saturated heterocycles. The SMILES string of the molecule is CC(CNC(=O)Cc1cccc(Cl)c1)C(N)=S. The van der Waals surface area contributed by atoms with Crippen molar-refractivity contribution in [3.05, 3.63) is 34.9 Å². The van der Waals surface area contributed by atoms with E-state index in [0.717, 1.165) is 5.56 Å². The van der Waals surface area contributed by atoms with Crippen molar-refractivity contribution in [3.8, 4) is 0 Å². The minimum Gasteiger partial charge on any atom is -0.393 e. The zero-order valence-corrected chi connectivity index (χ0v) is 11.1. The number of hydrogen-bond acceptors (Lipinski definition) is 2. The van der Waals surface area contributed by atoms with Crippen LogP contribution < -0.4 is 11.1 Å². The Morgan fingerprint density at radius 1 is 1.59 bits per heavy atom. The second-order valence-electron chi connectivity index (χ2n) is 3.91. The second-order valence-corrected chi connectivity index (χ2v) is 4.82. The predicted molar refractivity (Wildman–Crippen MR) is 74.1 cm³/mol. The first kappa shape index (κ1) is 13.9. The van der Waals surface area contributed by atoms with Gasteiger partial charge in [0.15, 0.2) is 0 Å². The number of benzene rings is 1. The number of hydrogen-bond donors (Lipinski definition) is 2. The average molecular weight is 271 g/mol. The summed E-state index contributed by atoms with van der Waals surface area (Å²) in [6.45, 7) is 2.34. The largest absolute Gasteiger partial charge is 0.393 e. The molecule has 0 fully saturated rings. The number of carbonyl (C=O) groups is 1. The van der Waals surface area contributed by atoms with Crippen molar-refractivity contribution in [3.63, 3.8) is 0 Å². The summed E-state index contributed by atoms with van der Waals surface area (Å²) >= 11 is 10.7. The van der Waals surface area contributed by atoms with Crippen LogP contribution in [-0.2, 0) is 11.2 Å². The van der Waals surface area contributed by atoms with Crippen LogP contribution in [0.25, 0.3) is 0 Å². The highest BCUT2D eigenvalue weighted by molar-refractivity contribution is 7.80. The van der Waals surface area contributed by atoms with Crippen molar-refractivity contribution in [2.45, 2.75) is 13.3 Å². The van der Waals surface area contributed by atoms with Crippen LogP contribution in [0.1, 0.15) is 12.5 Å². The number of amides is 1. The molecule has 0 aliphatic carbocycles. The quantitative estimate of drug-likeness (QED) is 0.804. The maximum absolute atomic E-state index is 11.6. The smallest absolute Gasteiger partial charge is 0.224 e. The molecular formula is C12H15ClN2OS. The molecule has 1 aromatic rings. The molecule has 1 aromatic carbocycles. The van der Waals surface area contributed by atoms with E-state index in [1.807, 2.05) is 19.1 Å². The van der Waals surface area contributed by atoms with Gasteiger partial charge in [-0.2, -0.15) is 0 Å². The van der Waals surface area contributed by atoms with E-state index in [9.17, 15) is 4.79 Å². The molecule has 5 heteroatoms. The average Bonchev–Trinajstić information content (AvgIpc) is 2.25. The van der Waals surface area contributed by atoms with Crippen LogP contribution >= 0.6 is 23.8 Å². The standard InChI is InChI=1S/C12H15ClN2OS/c1-8(12(14)17)7-15-11(16)6-9-3-2-4-10(13)5-9/h2-5,8H,6-7H2,1H3,(H2,14,17)(H,15,16). The number of carbonyl (C=O) groups excluding carboxylic acids is 1. The Morgan fingerprint density at radius 2 is 2.29 bits per heavy atom. The van der Waals surface area contributed by atoms with Gasteiger partial charge in [-0.05, 0) is 17.7 Å². The van der Waals surface area contributed by atoms with E-state index in [1.165, 1.54) is 0 Å². The van der Waals surface area contributed by atoms with Gasteiger partial charge in [0.1, 0.15) is 0 Å². The van der Waals surface area contributed by atoms with E-state index < -0.39 is 0 Å². The lowest BCUT2D eigenvalue weighted by atomic mass is 10.1. The van der Waals surface area contributed by atoms with Crippen molar-refractivity contribution in [2.24, 2.45) is 11.7 Å². The highest BCUT2D eigenvalue weighted by atomic mass is 35.5. The molecule has 1 amide bonds. The zero-order chi connectivity index (χ0) is 12.8. The molecule has 3 N–H and O–H groups in total. The van der Waals surface area contributed by atoms with Gasteiger partial charge in [-0.15, -0.1) is 0 Å². The third-order valence-electron chi connectivity index (χ3n) is 2.34. The first-order chi connectivity index (χ1) is 7.99. The van der Waals surface area contributed by atoms with Gasteiger partial charge in [-0.1, -0.05) is 42.9 Å². The zero-order valence-electron chi connectivity index (χ0n) is 9.57. The fourth-order valence-corrected chi connectivity index (χ4v) is 1.56. The number of rotatable bonds is 5. The van der Waals surface area contributed by atoms with E-state index in [0.29, 0.717) is 23.0 Å². The number of halogens is 1. The number of thiocarbonyl (C=S) groups is 1. The molecule has 0 aromatic heterocycles. The van der Waals surface area contributed by atoms with Gasteiger partial charge in [-0.3, -0.25) is 4.79 Å². The Balaban J connectivity index is 2.42. The van der Waals surface area contributed by atoms with Crippen LogP contribution in [0.5, 0.6) is 0 Å². The van der Waals surface area contributed by atoms with Crippen molar-refractivity contribution in [2.75, 3.05) is 6.54 Å². The predicted octanol–water partition coefficient (Wildman–Crippen LogP) is 1.92. The highest BCUT2D eigenvalue weighted by Gasteiger charge is 2.08. The molecule has 17 heavy (non-hydrogen) atoms. The minimum atomic E-state index is -0.0598. The molecule has 3 nitrogen and oxygen atoms in total. The summed E-state index contributed by atoms with van der Waals surface area (Å²) in [5.41, 5.74) is 6.34. The first-order valence-electron chi connectivity index (χ1n) is 5.29. The van der Waals surface area contributed by atoms with Crippen molar-refractivity contribution in [1.82, 2.24) is 5.32 Å². The van der Waals surface area contributed by atoms with E-state index in [-0.39, 0.29) is 11.8 Å². The van der Waals surface area contributed by atoms with Gasteiger partial charge in [0.05, 0.1) is 11.4 Å². The third-order valence-corrected chi connectivity index (χ3v) is 2.98. The van der Waals surface area contributed by atoms with Gasteiger partial charge >= 0.3 is 0 Å². The summed E-state index contributed by atoms with van der Waals surface area (Å²) in [5.74, 6) is -0.0522. The Kier molecular flexibility index (Phi) is 5.38. The highest BCUT2D eigenvalue weighted by Crippen LogP contribution is 2.10. The van der Waals surface area contributed by atoms with Crippen LogP contribution in [0.4, 0.5) is 0 Å². The number of nitrogens with one attached hydrogen (secondary N) is 1. The molecule has 1 rings (SSSR count). The number of nitrogens with two attached hydrogens (primary N) is 1. The lowest BCUT2D eigenvalue weighted by molar-refractivity contribution is -0.120. The molecule has 0 aliphatic heterocycles. The topological polar surface area (TPSA) is 55.1 Å². The van der Waals surface area contributed by atoms with Crippen LogP contribution in [0.3, 0.4) is 0 Å². The second kappa shape index (κ2) is 6.57. The van der Waals surface area contributed by atoms with Crippen LogP contribution in [0, 0.1) is 5.92 Å². The van der Waals surface area contributed by atoms with Crippen LogP contribution in [-0.4, -0.2) is 17.4 Å². The molecule has 0 saturated carbocycles. The summed E-state index contributed by atoms with van der Waals surface area (Å²) in [6.07, 6.45) is 0.310. The van der Waals surface area contributed by atoms with Gasteiger partial charge in [0, 0.05) is 17.5 Å². The van der Waals surface area contributed by atoms with Gasteiger partial charge in [0.25, 0.3) is 0 Å². The molecule has 0 bridgehead atoms. The Labute approximate surface area is 111 Å². The molecule has 0 heterocycles. The maximum Gasteiger partial charge on any atom is 0.224 e. The fraction of sp³-hybridized carbons (Fsp3) is 0.333. The first-order valence-corrected chi connectivity index (χ1v) is 6.08. The molecule has 92 valence electrons. The van der Waals surface area contributed by atoms with E-state index in [2.05, 4.69) is 5.32 Å². The molecular weight excluding hydrogens is 256 g/mol. The Bertz CT molecular complexity index is 423. The fourth-order valence-electron chi connectivity index (χ4n) is 1.26. The molecule has 0 aliphatic rings. The van der Waals surface area contributed by atoms with Crippen LogP contribution in [0.2, 0.25) is 5.02 Å². The van der Waals surface area contributed by atoms with Crippen molar-refractivity contribution in [1.29, 1.82) is 0 Å². The monoisotopic (exact) mass is 270 g/mol. The summed E-state index contributed by atoms with van der Waals surface area (Å²) in [7, 11) is 0. The minimum absolute atomic E-state index is 0.00770. The van der Waals surface area contributed by atoms with Crippen molar-refractivity contribution < 1.29 is 4.79 Å². The summed E-state index contributed by atoms with van der Waals surface area (Å²) in [4.78, 5) is 12.0. The summed E-state index contributed by atoms with van der Waals surface area (Å²) in [5, 5.41) is 3.41. The van der Waals surface area contributed by atoms with E-state index in [4.69, 9.17) is 29.6 Å². The van der Waals surface area contributed by atoms with E-state index >= 15 is 0 Å². The van der Waals surface area contributed by atoms with Gasteiger partial charge in [0.2, 0.25) is 5.91 Å². The van der Waals surface area contributed by atoms with Gasteiger partial charge in [-0.25, -0.2) is 0 Å². The third kappa shape index (κ3) is 5.15. The summed E-state index contributed by atoms with van der Waals surface area (Å²) < 4.78 is 0. The van der Waals surface area contributed by atoms with E-state index in [1.54, 1.807) is 12.1 Å². The lowest BCUT2D eigenvalue weighted by Crippen LogP contribution is -2.34. The lowest BCUT2D eigenvalue weighted by Gasteiger charge is -2.10. The molecule has 0 spiro atoms. The van der Waals surface area contributed by atoms with Crippen molar-refractivity contribution >= 4 is 34.7 Å².